The van der Waals surface area contributed by atoms with E-state index in [0.29, 0.717) is 29.2 Å². The number of esters is 2. The molecule has 0 atom stereocenters. The van der Waals surface area contributed by atoms with Gasteiger partial charge in [0, 0.05) is 0 Å². The van der Waals surface area contributed by atoms with Gasteiger partial charge in [0.2, 0.25) is 0 Å². The summed E-state index contributed by atoms with van der Waals surface area (Å²) in [5.41, 5.74) is 1.57. The van der Waals surface area contributed by atoms with E-state index in [-0.39, 0.29) is 11.0 Å². The van der Waals surface area contributed by atoms with Crippen LogP contribution in [-0.4, -0.2) is 24.1 Å². The van der Waals surface area contributed by atoms with Crippen LogP contribution in [-0.2, 0) is 10.2 Å². The molecule has 0 saturated carbocycles. The van der Waals surface area contributed by atoms with Crippen molar-refractivity contribution in [3.63, 3.8) is 0 Å². The van der Waals surface area contributed by atoms with Crippen molar-refractivity contribution in [3.05, 3.63) is 59.2 Å². The van der Waals surface area contributed by atoms with Gasteiger partial charge in [-0.05, 0) is 74.6 Å². The van der Waals surface area contributed by atoms with Crippen molar-refractivity contribution >= 4 is 11.9 Å². The summed E-state index contributed by atoms with van der Waals surface area (Å²) < 4.78 is 16.5. The van der Waals surface area contributed by atoms with Gasteiger partial charge in [0.1, 0.15) is 17.1 Å². The number of benzene rings is 2. The Kier molecular flexibility index (Phi) is 5.20. The van der Waals surface area contributed by atoms with E-state index < -0.39 is 11.9 Å². The summed E-state index contributed by atoms with van der Waals surface area (Å²) in [6.07, 6.45) is 0.892. The van der Waals surface area contributed by atoms with E-state index in [4.69, 9.17) is 14.2 Å². The van der Waals surface area contributed by atoms with Crippen LogP contribution in [0.15, 0.2) is 42.5 Å². The van der Waals surface area contributed by atoms with Crippen molar-refractivity contribution in [1.29, 1.82) is 0 Å². The van der Waals surface area contributed by atoms with E-state index in [1.54, 1.807) is 43.3 Å². The van der Waals surface area contributed by atoms with E-state index in [2.05, 4.69) is 13.8 Å². The Morgan fingerprint density at radius 3 is 2.25 bits per heavy atom. The number of carbonyl (C=O) groups is 2. The first-order chi connectivity index (χ1) is 13.1. The molecule has 5 nitrogen and oxygen atoms in total. The standard InChI is InChI=1S/C23H26O5/c1-6-26-20(24)15-7-10-17(11-8-15)27-21(25)16-9-12-18-19(13-16)28-23(4,5)14-22(18,2)3/h7-13H,6,14H2,1-5H3. The molecule has 0 aliphatic carbocycles. The van der Waals surface area contributed by atoms with Gasteiger partial charge < -0.3 is 14.2 Å². The van der Waals surface area contributed by atoms with E-state index in [1.807, 2.05) is 19.9 Å². The molecule has 0 radical (unpaired) electrons. The maximum absolute atomic E-state index is 12.6. The summed E-state index contributed by atoms with van der Waals surface area (Å²) >= 11 is 0. The van der Waals surface area contributed by atoms with Crippen LogP contribution in [0, 0.1) is 0 Å². The van der Waals surface area contributed by atoms with Gasteiger partial charge in [0.15, 0.2) is 0 Å². The van der Waals surface area contributed by atoms with Crippen molar-refractivity contribution in [2.24, 2.45) is 0 Å². The van der Waals surface area contributed by atoms with E-state index in [1.165, 1.54) is 0 Å². The molecule has 0 bridgehead atoms. The highest BCUT2D eigenvalue weighted by Gasteiger charge is 2.39. The smallest absolute Gasteiger partial charge is 0.343 e. The molecule has 0 fully saturated rings. The lowest BCUT2D eigenvalue weighted by atomic mass is 9.73. The maximum atomic E-state index is 12.6. The van der Waals surface area contributed by atoms with E-state index >= 15 is 0 Å². The summed E-state index contributed by atoms with van der Waals surface area (Å²) in [5.74, 6) is 0.194. The molecule has 0 N–H and O–H groups in total. The molecule has 3 rings (SSSR count). The van der Waals surface area contributed by atoms with E-state index in [0.717, 1.165) is 12.0 Å². The highest BCUT2D eigenvalue weighted by molar-refractivity contribution is 5.92. The molecular weight excluding hydrogens is 356 g/mol. The molecule has 148 valence electrons. The number of fused-ring (bicyclic) bond motifs is 1. The summed E-state index contributed by atoms with van der Waals surface area (Å²) in [6.45, 7) is 10.5. The van der Waals surface area contributed by atoms with E-state index in [9.17, 15) is 9.59 Å². The quantitative estimate of drug-likeness (QED) is 0.555. The molecule has 1 aliphatic heterocycles. The number of hydrogen-bond donors (Lipinski definition) is 0. The van der Waals surface area contributed by atoms with Crippen LogP contribution in [0.1, 0.15) is 67.3 Å². The second-order valence-electron chi connectivity index (χ2n) is 8.27. The molecule has 28 heavy (non-hydrogen) atoms. The minimum absolute atomic E-state index is 0.0392. The summed E-state index contributed by atoms with van der Waals surface area (Å²) in [4.78, 5) is 24.3. The summed E-state index contributed by atoms with van der Waals surface area (Å²) in [5, 5.41) is 0. The first kappa shape index (κ1) is 19.9. The molecule has 5 heteroatoms. The van der Waals surface area contributed by atoms with Crippen LogP contribution in [0.2, 0.25) is 0 Å². The average molecular weight is 382 g/mol. The molecule has 0 aromatic heterocycles. The molecule has 0 amide bonds. The number of rotatable bonds is 4. The Balaban J connectivity index is 1.78. The highest BCUT2D eigenvalue weighted by Crippen LogP contribution is 2.44. The maximum Gasteiger partial charge on any atom is 0.343 e. The zero-order valence-electron chi connectivity index (χ0n) is 17.0. The lowest BCUT2D eigenvalue weighted by molar-refractivity contribution is 0.0520. The average Bonchev–Trinajstić information content (AvgIpc) is 2.60. The minimum atomic E-state index is -0.475. The zero-order chi connectivity index (χ0) is 20.5. The molecule has 0 spiro atoms. The van der Waals surface area contributed by atoms with Crippen molar-refractivity contribution in [2.75, 3.05) is 6.61 Å². The normalized spacial score (nSPS) is 16.5. The summed E-state index contributed by atoms with van der Waals surface area (Å²) in [7, 11) is 0. The Bertz CT molecular complexity index is 894. The predicted octanol–water partition coefficient (Wildman–Crippen LogP) is 4.92. The van der Waals surface area contributed by atoms with Crippen molar-refractivity contribution in [3.8, 4) is 11.5 Å². The van der Waals surface area contributed by atoms with Crippen molar-refractivity contribution in [2.45, 2.75) is 52.1 Å². The van der Waals surface area contributed by atoms with Gasteiger partial charge in [-0.15, -0.1) is 0 Å². The lowest BCUT2D eigenvalue weighted by Gasteiger charge is -2.42. The minimum Gasteiger partial charge on any atom is -0.488 e. The highest BCUT2D eigenvalue weighted by atomic mass is 16.5. The molecule has 1 aliphatic rings. The monoisotopic (exact) mass is 382 g/mol. The topological polar surface area (TPSA) is 61.8 Å². The first-order valence-electron chi connectivity index (χ1n) is 9.44. The van der Waals surface area contributed by atoms with Gasteiger partial charge in [-0.2, -0.15) is 0 Å². The Hall–Kier alpha value is -2.82. The number of hydrogen-bond acceptors (Lipinski definition) is 5. The SMILES string of the molecule is CCOC(=O)c1ccc(OC(=O)c2ccc3c(c2)OC(C)(C)CC3(C)C)cc1. The third kappa shape index (κ3) is 4.19. The predicted molar refractivity (Wildman–Crippen MR) is 106 cm³/mol. The number of carbonyl (C=O) groups excluding carboxylic acids is 2. The van der Waals surface area contributed by atoms with Crippen LogP contribution >= 0.6 is 0 Å². The van der Waals surface area contributed by atoms with Crippen LogP contribution in [0.3, 0.4) is 0 Å². The third-order valence-electron chi connectivity index (χ3n) is 4.78. The van der Waals surface area contributed by atoms with Crippen LogP contribution in [0.4, 0.5) is 0 Å². The fourth-order valence-electron chi connectivity index (χ4n) is 3.83. The molecule has 0 unspecified atom stereocenters. The third-order valence-corrected chi connectivity index (χ3v) is 4.78. The fraction of sp³-hybridized carbons (Fsp3) is 0.391. The second-order valence-corrected chi connectivity index (χ2v) is 8.27. The van der Waals surface area contributed by atoms with Gasteiger partial charge in [-0.25, -0.2) is 9.59 Å². The van der Waals surface area contributed by atoms with Gasteiger partial charge in [0.05, 0.1) is 17.7 Å². The fourth-order valence-corrected chi connectivity index (χ4v) is 3.83. The van der Waals surface area contributed by atoms with Crippen LogP contribution < -0.4 is 9.47 Å². The second kappa shape index (κ2) is 7.30. The summed E-state index contributed by atoms with van der Waals surface area (Å²) in [6, 6.07) is 11.7. The Labute approximate surface area is 165 Å². The molecule has 2 aromatic rings. The Morgan fingerprint density at radius 2 is 1.61 bits per heavy atom. The van der Waals surface area contributed by atoms with Gasteiger partial charge >= 0.3 is 11.9 Å². The molecule has 2 aromatic carbocycles. The zero-order valence-corrected chi connectivity index (χ0v) is 17.0. The Morgan fingerprint density at radius 1 is 0.964 bits per heavy atom. The molecule has 1 heterocycles. The number of ether oxygens (including phenoxy) is 3. The van der Waals surface area contributed by atoms with Crippen molar-refractivity contribution in [1.82, 2.24) is 0 Å². The molecule has 0 saturated heterocycles. The lowest BCUT2D eigenvalue weighted by Crippen LogP contribution is -2.41. The van der Waals surface area contributed by atoms with Gasteiger partial charge in [-0.1, -0.05) is 19.9 Å². The van der Waals surface area contributed by atoms with Gasteiger partial charge in [0.25, 0.3) is 0 Å². The first-order valence-corrected chi connectivity index (χ1v) is 9.44. The largest absolute Gasteiger partial charge is 0.488 e. The molecular formula is C23H26O5. The van der Waals surface area contributed by atoms with Crippen LogP contribution in [0.5, 0.6) is 11.5 Å². The van der Waals surface area contributed by atoms with Gasteiger partial charge in [-0.3, -0.25) is 0 Å². The van der Waals surface area contributed by atoms with Crippen LogP contribution in [0.25, 0.3) is 0 Å². The van der Waals surface area contributed by atoms with Crippen molar-refractivity contribution < 1.29 is 23.8 Å².